The van der Waals surface area contributed by atoms with Gasteiger partial charge in [0.15, 0.2) is 0 Å². The van der Waals surface area contributed by atoms with Gasteiger partial charge in [-0.2, -0.15) is 0 Å². The van der Waals surface area contributed by atoms with Crippen molar-refractivity contribution in [2.24, 2.45) is 11.7 Å². The first-order valence-electron chi connectivity index (χ1n) is 7.56. The highest BCUT2D eigenvalue weighted by Gasteiger charge is 2.24. The lowest BCUT2D eigenvalue weighted by Gasteiger charge is -2.14. The van der Waals surface area contributed by atoms with E-state index in [1.165, 1.54) is 0 Å². The fourth-order valence-electron chi connectivity index (χ4n) is 2.18. The summed E-state index contributed by atoms with van der Waals surface area (Å²) in [5.74, 6) is -0.351. The third kappa shape index (κ3) is 4.56. The molecule has 1 aromatic rings. The van der Waals surface area contributed by atoms with Crippen molar-refractivity contribution in [2.75, 3.05) is 11.9 Å². The Balaban J connectivity index is 1.99. The SMILES string of the molecule is CCCC(CN)C(=O)Nc1cccc(C(=O)NC2CC2)c1. The molecule has 4 N–H and O–H groups in total. The molecule has 0 bridgehead atoms. The number of nitrogens with one attached hydrogen (secondary N) is 2. The Bertz CT molecular complexity index is 512. The molecule has 1 fully saturated rings. The van der Waals surface area contributed by atoms with Gasteiger partial charge in [-0.05, 0) is 37.5 Å². The largest absolute Gasteiger partial charge is 0.349 e. The summed E-state index contributed by atoms with van der Waals surface area (Å²) in [4.78, 5) is 24.1. The van der Waals surface area contributed by atoms with Gasteiger partial charge in [-0.15, -0.1) is 0 Å². The van der Waals surface area contributed by atoms with Crippen molar-refractivity contribution in [2.45, 2.75) is 38.6 Å². The Morgan fingerprint density at radius 1 is 1.38 bits per heavy atom. The van der Waals surface area contributed by atoms with Gasteiger partial charge >= 0.3 is 0 Å². The summed E-state index contributed by atoms with van der Waals surface area (Å²) in [5, 5.41) is 5.78. The highest BCUT2D eigenvalue weighted by molar-refractivity contribution is 5.97. The van der Waals surface area contributed by atoms with Crippen LogP contribution in [0.1, 0.15) is 43.0 Å². The lowest BCUT2D eigenvalue weighted by molar-refractivity contribution is -0.119. The summed E-state index contributed by atoms with van der Waals surface area (Å²) >= 11 is 0. The average molecular weight is 289 g/mol. The molecule has 0 aliphatic heterocycles. The zero-order valence-corrected chi connectivity index (χ0v) is 12.4. The summed E-state index contributed by atoms with van der Waals surface area (Å²) in [7, 11) is 0. The van der Waals surface area contributed by atoms with E-state index < -0.39 is 0 Å². The molecule has 21 heavy (non-hydrogen) atoms. The summed E-state index contributed by atoms with van der Waals surface area (Å²) in [6.07, 6.45) is 3.79. The molecule has 5 heteroatoms. The molecule has 1 atom stereocenters. The molecule has 114 valence electrons. The molecule has 0 heterocycles. The van der Waals surface area contributed by atoms with Crippen LogP contribution in [0.2, 0.25) is 0 Å². The number of carbonyl (C=O) groups excluding carboxylic acids is 2. The molecule has 2 rings (SSSR count). The van der Waals surface area contributed by atoms with E-state index in [2.05, 4.69) is 10.6 Å². The third-order valence-electron chi connectivity index (χ3n) is 3.60. The second-order valence-electron chi connectivity index (χ2n) is 5.54. The minimum Gasteiger partial charge on any atom is -0.349 e. The lowest BCUT2D eigenvalue weighted by atomic mass is 10.0. The fourth-order valence-corrected chi connectivity index (χ4v) is 2.18. The van der Waals surface area contributed by atoms with Crippen LogP contribution in [0, 0.1) is 5.92 Å². The van der Waals surface area contributed by atoms with Gasteiger partial charge in [0.1, 0.15) is 0 Å². The second kappa shape index (κ2) is 7.22. The van der Waals surface area contributed by atoms with Crippen LogP contribution in [0.15, 0.2) is 24.3 Å². The maximum atomic E-state index is 12.1. The summed E-state index contributed by atoms with van der Waals surface area (Å²) in [6, 6.07) is 7.33. The summed E-state index contributed by atoms with van der Waals surface area (Å²) in [5.41, 5.74) is 6.83. The zero-order chi connectivity index (χ0) is 15.2. The van der Waals surface area contributed by atoms with E-state index in [0.29, 0.717) is 23.8 Å². The lowest BCUT2D eigenvalue weighted by Crippen LogP contribution is -2.29. The van der Waals surface area contributed by atoms with Crippen LogP contribution >= 0.6 is 0 Å². The first-order chi connectivity index (χ1) is 10.1. The Morgan fingerprint density at radius 3 is 2.76 bits per heavy atom. The van der Waals surface area contributed by atoms with Gasteiger partial charge in [0.2, 0.25) is 5.91 Å². The normalized spacial score (nSPS) is 15.3. The van der Waals surface area contributed by atoms with Gasteiger partial charge in [0.25, 0.3) is 5.91 Å². The molecule has 0 aromatic heterocycles. The van der Waals surface area contributed by atoms with E-state index in [4.69, 9.17) is 5.73 Å². The summed E-state index contributed by atoms with van der Waals surface area (Å²) in [6.45, 7) is 2.36. The van der Waals surface area contributed by atoms with Crippen LogP contribution in [-0.4, -0.2) is 24.4 Å². The van der Waals surface area contributed by atoms with Crippen molar-refractivity contribution >= 4 is 17.5 Å². The van der Waals surface area contributed by atoms with Gasteiger partial charge in [0, 0.05) is 23.8 Å². The highest BCUT2D eigenvalue weighted by Crippen LogP contribution is 2.20. The Labute approximate surface area is 125 Å². The number of hydrogen-bond acceptors (Lipinski definition) is 3. The van der Waals surface area contributed by atoms with Crippen LogP contribution in [0.3, 0.4) is 0 Å². The highest BCUT2D eigenvalue weighted by atomic mass is 16.2. The first kappa shape index (κ1) is 15.5. The molecule has 1 aromatic carbocycles. The minimum atomic E-state index is -0.182. The average Bonchev–Trinajstić information content (AvgIpc) is 3.28. The monoisotopic (exact) mass is 289 g/mol. The molecule has 0 spiro atoms. The third-order valence-corrected chi connectivity index (χ3v) is 3.60. The number of anilines is 1. The molecular formula is C16H23N3O2. The van der Waals surface area contributed by atoms with Crippen molar-refractivity contribution in [3.05, 3.63) is 29.8 Å². The van der Waals surface area contributed by atoms with Gasteiger partial charge in [-0.25, -0.2) is 0 Å². The molecule has 0 saturated heterocycles. The molecule has 1 unspecified atom stereocenters. The Kier molecular flexibility index (Phi) is 5.33. The van der Waals surface area contributed by atoms with Gasteiger partial charge in [-0.3, -0.25) is 9.59 Å². The van der Waals surface area contributed by atoms with E-state index in [1.54, 1.807) is 24.3 Å². The van der Waals surface area contributed by atoms with Crippen LogP contribution in [0.25, 0.3) is 0 Å². The number of carbonyl (C=O) groups is 2. The van der Waals surface area contributed by atoms with E-state index in [0.717, 1.165) is 25.7 Å². The standard InChI is InChI=1S/C16H23N3O2/c1-2-4-12(10-17)16(21)19-14-6-3-5-11(9-14)15(20)18-13-7-8-13/h3,5-6,9,12-13H,2,4,7-8,10,17H2,1H3,(H,18,20)(H,19,21). The van der Waals surface area contributed by atoms with Crippen molar-refractivity contribution in [1.29, 1.82) is 0 Å². The second-order valence-corrected chi connectivity index (χ2v) is 5.54. The van der Waals surface area contributed by atoms with Crippen LogP contribution in [0.4, 0.5) is 5.69 Å². The van der Waals surface area contributed by atoms with Crippen molar-refractivity contribution in [1.82, 2.24) is 5.32 Å². The maximum absolute atomic E-state index is 12.1. The first-order valence-corrected chi connectivity index (χ1v) is 7.56. The van der Waals surface area contributed by atoms with Crippen molar-refractivity contribution in [3.8, 4) is 0 Å². The van der Waals surface area contributed by atoms with E-state index in [-0.39, 0.29) is 17.7 Å². The minimum absolute atomic E-state index is 0.0842. The topological polar surface area (TPSA) is 84.2 Å². The fraction of sp³-hybridized carbons (Fsp3) is 0.500. The Morgan fingerprint density at radius 2 is 2.14 bits per heavy atom. The molecule has 5 nitrogen and oxygen atoms in total. The number of hydrogen-bond donors (Lipinski definition) is 3. The molecule has 1 saturated carbocycles. The van der Waals surface area contributed by atoms with E-state index >= 15 is 0 Å². The van der Waals surface area contributed by atoms with Crippen LogP contribution < -0.4 is 16.4 Å². The van der Waals surface area contributed by atoms with E-state index in [1.807, 2.05) is 6.92 Å². The number of rotatable bonds is 7. The predicted octanol–water partition coefficient (Wildman–Crippen LogP) is 1.89. The Hall–Kier alpha value is -1.88. The number of nitrogens with two attached hydrogens (primary N) is 1. The van der Waals surface area contributed by atoms with Gasteiger partial charge < -0.3 is 16.4 Å². The predicted molar refractivity (Wildman–Crippen MR) is 83.0 cm³/mol. The quantitative estimate of drug-likeness (QED) is 0.716. The smallest absolute Gasteiger partial charge is 0.251 e. The molecule has 0 radical (unpaired) electrons. The molecular weight excluding hydrogens is 266 g/mol. The van der Waals surface area contributed by atoms with E-state index in [9.17, 15) is 9.59 Å². The van der Waals surface area contributed by atoms with Crippen LogP contribution in [-0.2, 0) is 4.79 Å². The van der Waals surface area contributed by atoms with Crippen molar-refractivity contribution in [3.63, 3.8) is 0 Å². The van der Waals surface area contributed by atoms with Crippen LogP contribution in [0.5, 0.6) is 0 Å². The van der Waals surface area contributed by atoms with Crippen molar-refractivity contribution < 1.29 is 9.59 Å². The van der Waals surface area contributed by atoms with Gasteiger partial charge in [-0.1, -0.05) is 19.4 Å². The molecule has 1 aliphatic carbocycles. The molecule has 1 aliphatic rings. The number of benzene rings is 1. The zero-order valence-electron chi connectivity index (χ0n) is 12.4. The number of amides is 2. The van der Waals surface area contributed by atoms with Gasteiger partial charge in [0.05, 0.1) is 5.92 Å². The summed E-state index contributed by atoms with van der Waals surface area (Å²) < 4.78 is 0. The maximum Gasteiger partial charge on any atom is 0.251 e. The molecule has 2 amide bonds.